The Morgan fingerprint density at radius 2 is 0.429 bits per heavy atom. The minimum atomic E-state index is 0. The van der Waals surface area contributed by atoms with Gasteiger partial charge in [-0.05, 0) is 0 Å². The Morgan fingerprint density at radius 1 is 0.429 bits per heavy atom. The maximum atomic E-state index is 0. The first-order valence-electron chi connectivity index (χ1n) is 0. The van der Waals surface area contributed by atoms with E-state index in [1.807, 2.05) is 0 Å². The third kappa shape index (κ3) is 106. The third-order valence-electron chi connectivity index (χ3n) is 0. The molecule has 3 nitrogen and oxygen atoms in total. The number of hydrogen-bond acceptors (Lipinski definition) is 3. The molecule has 0 heterocycles. The number of halogens is 3. The van der Waals surface area contributed by atoms with E-state index in [0.29, 0.717) is 0 Å². The Balaban J connectivity index is 0. The summed E-state index contributed by atoms with van der Waals surface area (Å²) in [7, 11) is 0. The van der Waals surface area contributed by atoms with Crippen molar-refractivity contribution in [1.29, 1.82) is 0 Å². The molecule has 0 fully saturated rings. The topological polar surface area (TPSA) is 105 Å². The average molecular weight is 353 g/mol. The Morgan fingerprint density at radius 3 is 0.429 bits per heavy atom. The number of rotatable bonds is 0. The summed E-state index contributed by atoms with van der Waals surface area (Å²) in [6, 6.07) is 0. The summed E-state index contributed by atoms with van der Waals surface area (Å²) in [6.07, 6.45) is 0. The first kappa shape index (κ1) is 226. The van der Waals surface area contributed by atoms with Crippen molar-refractivity contribution >= 4 is 0 Å². The zero-order chi connectivity index (χ0) is 0. The van der Waals surface area contributed by atoms with Gasteiger partial charge >= 0.3 is 0 Å². The van der Waals surface area contributed by atoms with Gasteiger partial charge in [0.1, 0.15) is 0 Å². The van der Waals surface area contributed by atoms with Crippen LogP contribution in [0.1, 0.15) is 0 Å². The zero-order valence-corrected chi connectivity index (χ0v) is 8.11. The van der Waals surface area contributed by atoms with Gasteiger partial charge < -0.3 is 55.7 Å². The molecule has 7 heteroatoms. The molecule has 0 rings (SSSR count). The molecular weight excluding hydrogens is 343 g/mol. The molecule has 0 spiro atoms. The molecule has 0 aromatic heterocycles. The van der Waals surface area contributed by atoms with Crippen LogP contribution in [0.5, 0.6) is 0 Å². The van der Waals surface area contributed by atoms with Crippen molar-refractivity contribution in [3.05, 3.63) is 0 Å². The fourth-order valence-corrected chi connectivity index (χ4v) is 0. The average Bonchev–Trinajstić information content (AvgIpc) is 0. The van der Waals surface area contributed by atoms with Gasteiger partial charge in [0.15, 0.2) is 0 Å². The van der Waals surface area contributed by atoms with Gasteiger partial charge in [-0.15, -0.1) is 0 Å². The van der Waals surface area contributed by atoms with Gasteiger partial charge in [0, 0.05) is 21.1 Å². The van der Waals surface area contributed by atoms with Crippen molar-refractivity contribution < 1.29 is 58.3 Å². The Bertz CT molecular complexity index is 10.1. The summed E-state index contributed by atoms with van der Waals surface area (Å²) in [5.41, 5.74) is 0. The molecule has 58 valence electrons. The summed E-state index contributed by atoms with van der Waals surface area (Å²) < 4.78 is 0. The SMILES string of the molecule is N.N.N.[Cl-].[Cl-].[Cl-].[Pt]. The molecule has 0 aromatic rings. The molecule has 0 atom stereocenters. The van der Waals surface area contributed by atoms with E-state index in [1.165, 1.54) is 0 Å². The van der Waals surface area contributed by atoms with E-state index in [9.17, 15) is 0 Å². The summed E-state index contributed by atoms with van der Waals surface area (Å²) in [6.45, 7) is 0. The molecule has 0 amide bonds. The van der Waals surface area contributed by atoms with Crippen LogP contribution in [-0.4, -0.2) is 0 Å². The Hall–Kier alpha value is 1.44. The van der Waals surface area contributed by atoms with Gasteiger partial charge in [-0.25, -0.2) is 0 Å². The van der Waals surface area contributed by atoms with Crippen LogP contribution in [0.25, 0.3) is 0 Å². The smallest absolute Gasteiger partial charge is 0 e. The predicted molar refractivity (Wildman–Crippen MR) is 15.1 cm³/mol. The molecule has 0 aliphatic rings. The van der Waals surface area contributed by atoms with Crippen LogP contribution in [-0.2, 0) is 21.1 Å². The maximum Gasteiger partial charge on any atom is 0 e. The van der Waals surface area contributed by atoms with Crippen LogP contribution >= 0.6 is 0 Å². The summed E-state index contributed by atoms with van der Waals surface area (Å²) in [4.78, 5) is 0. The first-order valence-corrected chi connectivity index (χ1v) is 0. The molecule has 0 saturated carbocycles. The minimum absolute atomic E-state index is 0. The third-order valence-corrected chi connectivity index (χ3v) is 0. The van der Waals surface area contributed by atoms with Crippen LogP contribution in [0.4, 0.5) is 0 Å². The van der Waals surface area contributed by atoms with Crippen molar-refractivity contribution in [2.24, 2.45) is 0 Å². The second kappa shape index (κ2) is 149. The number of hydrogen-bond donors (Lipinski definition) is 3. The normalized spacial score (nSPS) is 0. The monoisotopic (exact) mass is 351 g/mol. The summed E-state index contributed by atoms with van der Waals surface area (Å²) in [5.74, 6) is 0. The van der Waals surface area contributed by atoms with Gasteiger partial charge in [0.05, 0.1) is 0 Å². The van der Waals surface area contributed by atoms with E-state index >= 15 is 0 Å². The molecule has 9 N–H and O–H groups in total. The second-order valence-corrected chi connectivity index (χ2v) is 0. The fraction of sp³-hybridized carbons (Fsp3) is 0. The quantitative estimate of drug-likeness (QED) is 0.403. The standard InChI is InChI=1S/3ClH.3H3N.Pt/h3*1H;3*1H3;/p-3. The van der Waals surface area contributed by atoms with Crippen molar-refractivity contribution in [1.82, 2.24) is 18.5 Å². The molecule has 0 bridgehead atoms. The molecule has 0 saturated heterocycles. The van der Waals surface area contributed by atoms with E-state index in [4.69, 9.17) is 0 Å². The van der Waals surface area contributed by atoms with Crippen LogP contribution in [0.3, 0.4) is 0 Å². The van der Waals surface area contributed by atoms with Gasteiger partial charge in [-0.2, -0.15) is 0 Å². The van der Waals surface area contributed by atoms with E-state index in [0.717, 1.165) is 0 Å². The molecular formula is H9Cl3N3Pt-3. The summed E-state index contributed by atoms with van der Waals surface area (Å²) in [5, 5.41) is 0. The van der Waals surface area contributed by atoms with E-state index in [1.54, 1.807) is 0 Å². The molecule has 0 aliphatic carbocycles. The minimum Gasteiger partial charge on any atom is -1.00 e. The molecule has 0 aliphatic heterocycles. The van der Waals surface area contributed by atoms with E-state index < -0.39 is 0 Å². The van der Waals surface area contributed by atoms with E-state index in [-0.39, 0.29) is 76.7 Å². The zero-order valence-electron chi connectivity index (χ0n) is 3.57. The molecule has 7 heavy (non-hydrogen) atoms. The summed E-state index contributed by atoms with van der Waals surface area (Å²) >= 11 is 0. The van der Waals surface area contributed by atoms with E-state index in [2.05, 4.69) is 0 Å². The van der Waals surface area contributed by atoms with Crippen molar-refractivity contribution in [3.63, 3.8) is 0 Å². The largest absolute Gasteiger partial charge is 1.00 e. The predicted octanol–water partition coefficient (Wildman–Crippen LogP) is -8.50. The molecule has 0 radical (unpaired) electrons. The van der Waals surface area contributed by atoms with Crippen molar-refractivity contribution in [2.75, 3.05) is 0 Å². The van der Waals surface area contributed by atoms with Crippen LogP contribution < -0.4 is 55.7 Å². The Kier molecular flexibility index (Phi) is 4810. The van der Waals surface area contributed by atoms with Crippen LogP contribution in [0, 0.1) is 0 Å². The van der Waals surface area contributed by atoms with Crippen LogP contribution in [0.2, 0.25) is 0 Å². The van der Waals surface area contributed by atoms with Gasteiger partial charge in [0.2, 0.25) is 0 Å². The molecule has 0 aromatic carbocycles. The maximum absolute atomic E-state index is 0. The van der Waals surface area contributed by atoms with Gasteiger partial charge in [-0.3, -0.25) is 0 Å². The van der Waals surface area contributed by atoms with Crippen molar-refractivity contribution in [2.45, 2.75) is 0 Å². The van der Waals surface area contributed by atoms with Gasteiger partial charge in [0.25, 0.3) is 0 Å². The van der Waals surface area contributed by atoms with Crippen LogP contribution in [0.15, 0.2) is 0 Å². The fourth-order valence-electron chi connectivity index (χ4n) is 0. The second-order valence-electron chi connectivity index (χ2n) is 0. The van der Waals surface area contributed by atoms with Crippen molar-refractivity contribution in [3.8, 4) is 0 Å². The molecule has 0 unspecified atom stereocenters. The van der Waals surface area contributed by atoms with Gasteiger partial charge in [-0.1, -0.05) is 0 Å². The first-order chi connectivity index (χ1) is 0. The Labute approximate surface area is 76.6 Å².